The Hall–Kier alpha value is -2.82. The second kappa shape index (κ2) is 6.12. The topological polar surface area (TPSA) is 58.6 Å². The minimum Gasteiger partial charge on any atom is -0.465 e. The van der Waals surface area contributed by atoms with Gasteiger partial charge in [-0.25, -0.2) is 4.79 Å². The number of amides is 1. The molecule has 0 aromatic heterocycles. The average molecular weight is 310 g/mol. The lowest BCUT2D eigenvalue weighted by atomic mass is 10.1. The smallest absolute Gasteiger partial charge is 0.337 e. The summed E-state index contributed by atoms with van der Waals surface area (Å²) in [6.45, 7) is 0.643. The van der Waals surface area contributed by atoms with Crippen molar-refractivity contribution >= 4 is 23.3 Å². The summed E-state index contributed by atoms with van der Waals surface area (Å²) in [5.74, 6) is -0.575. The van der Waals surface area contributed by atoms with E-state index in [-0.39, 0.29) is 5.91 Å². The van der Waals surface area contributed by atoms with Crippen molar-refractivity contribution in [3.8, 4) is 0 Å². The Balaban J connectivity index is 2.01. The van der Waals surface area contributed by atoms with E-state index in [4.69, 9.17) is 4.74 Å². The fraction of sp³-hybridized carbons (Fsp3) is 0.222. The van der Waals surface area contributed by atoms with Crippen LogP contribution in [0.5, 0.6) is 0 Å². The SMILES string of the molecule is CNc1ccc(C(=O)OC)cc1C(=O)N1CCc2ccccc21. The minimum atomic E-state index is -0.455. The monoisotopic (exact) mass is 310 g/mol. The van der Waals surface area contributed by atoms with E-state index in [9.17, 15) is 9.59 Å². The zero-order chi connectivity index (χ0) is 16.4. The van der Waals surface area contributed by atoms with E-state index in [1.807, 2.05) is 24.3 Å². The molecule has 0 aliphatic carbocycles. The van der Waals surface area contributed by atoms with Gasteiger partial charge in [0.05, 0.1) is 18.2 Å². The van der Waals surface area contributed by atoms with Crippen LogP contribution < -0.4 is 10.2 Å². The van der Waals surface area contributed by atoms with Gasteiger partial charge in [0.15, 0.2) is 0 Å². The zero-order valence-corrected chi connectivity index (χ0v) is 13.1. The molecule has 5 nitrogen and oxygen atoms in total. The van der Waals surface area contributed by atoms with E-state index in [1.165, 1.54) is 7.11 Å². The van der Waals surface area contributed by atoms with Gasteiger partial charge in [-0.1, -0.05) is 18.2 Å². The number of fused-ring (bicyclic) bond motifs is 1. The molecular weight excluding hydrogens is 292 g/mol. The van der Waals surface area contributed by atoms with Gasteiger partial charge in [-0.3, -0.25) is 4.79 Å². The first-order chi connectivity index (χ1) is 11.2. The quantitative estimate of drug-likeness (QED) is 0.886. The molecule has 0 atom stereocenters. The number of ether oxygens (including phenoxy) is 1. The van der Waals surface area contributed by atoms with E-state index < -0.39 is 5.97 Å². The molecule has 1 aliphatic rings. The molecule has 1 amide bonds. The molecule has 5 heteroatoms. The van der Waals surface area contributed by atoms with Gasteiger partial charge in [0.2, 0.25) is 0 Å². The number of carbonyl (C=O) groups is 2. The standard InChI is InChI=1S/C18H18N2O3/c1-19-15-8-7-13(18(22)23-2)11-14(15)17(21)20-10-9-12-5-3-4-6-16(12)20/h3-8,11,19H,9-10H2,1-2H3. The van der Waals surface area contributed by atoms with Crippen molar-refractivity contribution < 1.29 is 14.3 Å². The Labute approximate surface area is 134 Å². The number of hydrogen-bond acceptors (Lipinski definition) is 4. The van der Waals surface area contributed by atoms with E-state index in [1.54, 1.807) is 30.1 Å². The first-order valence-corrected chi connectivity index (χ1v) is 7.45. The van der Waals surface area contributed by atoms with E-state index in [2.05, 4.69) is 5.32 Å². The molecule has 1 N–H and O–H groups in total. The van der Waals surface area contributed by atoms with Gasteiger partial charge in [-0.05, 0) is 36.2 Å². The molecule has 23 heavy (non-hydrogen) atoms. The van der Waals surface area contributed by atoms with Gasteiger partial charge in [-0.15, -0.1) is 0 Å². The first kappa shape index (κ1) is 15.1. The van der Waals surface area contributed by atoms with Crippen molar-refractivity contribution in [2.45, 2.75) is 6.42 Å². The number of esters is 1. The van der Waals surface area contributed by atoms with Gasteiger partial charge in [0.25, 0.3) is 5.91 Å². The molecule has 3 rings (SSSR count). The fourth-order valence-corrected chi connectivity index (χ4v) is 2.88. The summed E-state index contributed by atoms with van der Waals surface area (Å²) < 4.78 is 4.74. The predicted octanol–water partition coefficient (Wildman–Crippen LogP) is 2.72. The maximum Gasteiger partial charge on any atom is 0.337 e. The van der Waals surface area contributed by atoms with Crippen LogP contribution in [-0.2, 0) is 11.2 Å². The Morgan fingerprint density at radius 3 is 2.70 bits per heavy atom. The summed E-state index contributed by atoms with van der Waals surface area (Å²) in [5.41, 5.74) is 3.61. The maximum absolute atomic E-state index is 13.0. The highest BCUT2D eigenvalue weighted by molar-refractivity contribution is 6.11. The van der Waals surface area contributed by atoms with Crippen LogP contribution in [0, 0.1) is 0 Å². The highest BCUT2D eigenvalue weighted by atomic mass is 16.5. The largest absolute Gasteiger partial charge is 0.465 e. The van der Waals surface area contributed by atoms with Crippen LogP contribution >= 0.6 is 0 Å². The molecule has 0 fully saturated rings. The van der Waals surface area contributed by atoms with E-state index in [0.717, 1.165) is 17.7 Å². The number of carbonyl (C=O) groups excluding carboxylic acids is 2. The number of benzene rings is 2. The van der Waals surface area contributed by atoms with Crippen molar-refractivity contribution in [1.29, 1.82) is 0 Å². The molecule has 1 aliphatic heterocycles. The molecule has 2 aromatic carbocycles. The molecular formula is C18H18N2O3. The van der Waals surface area contributed by atoms with Crippen molar-refractivity contribution in [1.82, 2.24) is 0 Å². The number of anilines is 2. The molecule has 0 bridgehead atoms. The second-order valence-corrected chi connectivity index (χ2v) is 5.34. The average Bonchev–Trinajstić information content (AvgIpc) is 3.04. The lowest BCUT2D eigenvalue weighted by Crippen LogP contribution is -2.29. The van der Waals surface area contributed by atoms with Crippen LogP contribution in [0.25, 0.3) is 0 Å². The third-order valence-electron chi connectivity index (χ3n) is 4.07. The van der Waals surface area contributed by atoms with Gasteiger partial charge in [-0.2, -0.15) is 0 Å². The molecule has 0 unspecified atom stereocenters. The third-order valence-corrected chi connectivity index (χ3v) is 4.07. The fourth-order valence-electron chi connectivity index (χ4n) is 2.88. The summed E-state index contributed by atoms with van der Waals surface area (Å²) in [4.78, 5) is 26.5. The number of rotatable bonds is 3. The minimum absolute atomic E-state index is 0.120. The Morgan fingerprint density at radius 2 is 1.96 bits per heavy atom. The zero-order valence-electron chi connectivity index (χ0n) is 13.1. The summed E-state index contributed by atoms with van der Waals surface area (Å²) in [5, 5.41) is 3.01. The van der Waals surface area contributed by atoms with Crippen LogP contribution in [-0.4, -0.2) is 32.6 Å². The lowest BCUT2D eigenvalue weighted by Gasteiger charge is -2.19. The van der Waals surface area contributed by atoms with Crippen molar-refractivity contribution in [2.75, 3.05) is 30.9 Å². The summed E-state index contributed by atoms with van der Waals surface area (Å²) in [7, 11) is 3.08. The summed E-state index contributed by atoms with van der Waals surface area (Å²) in [6.07, 6.45) is 0.841. The Bertz CT molecular complexity index is 771. The lowest BCUT2D eigenvalue weighted by molar-refractivity contribution is 0.0600. The van der Waals surface area contributed by atoms with Gasteiger partial charge in [0, 0.05) is 25.0 Å². The third kappa shape index (κ3) is 2.65. The van der Waals surface area contributed by atoms with Crippen molar-refractivity contribution in [3.63, 3.8) is 0 Å². The van der Waals surface area contributed by atoms with Crippen molar-refractivity contribution in [2.24, 2.45) is 0 Å². The number of nitrogens with zero attached hydrogens (tertiary/aromatic N) is 1. The number of nitrogens with one attached hydrogen (secondary N) is 1. The molecule has 0 saturated carbocycles. The van der Waals surface area contributed by atoms with E-state index in [0.29, 0.717) is 23.4 Å². The summed E-state index contributed by atoms with van der Waals surface area (Å²) in [6, 6.07) is 12.8. The number of methoxy groups -OCH3 is 1. The van der Waals surface area contributed by atoms with Crippen LogP contribution in [0.15, 0.2) is 42.5 Å². The highest BCUT2D eigenvalue weighted by Gasteiger charge is 2.27. The molecule has 1 heterocycles. The molecule has 0 radical (unpaired) electrons. The number of hydrogen-bond donors (Lipinski definition) is 1. The molecule has 0 saturated heterocycles. The molecule has 2 aromatic rings. The highest BCUT2D eigenvalue weighted by Crippen LogP contribution is 2.30. The van der Waals surface area contributed by atoms with Crippen molar-refractivity contribution in [3.05, 3.63) is 59.2 Å². The number of para-hydroxylation sites is 1. The predicted molar refractivity (Wildman–Crippen MR) is 89.2 cm³/mol. The van der Waals surface area contributed by atoms with Gasteiger partial charge >= 0.3 is 5.97 Å². The second-order valence-electron chi connectivity index (χ2n) is 5.34. The van der Waals surface area contributed by atoms with E-state index >= 15 is 0 Å². The maximum atomic E-state index is 13.0. The first-order valence-electron chi connectivity index (χ1n) is 7.45. The summed E-state index contributed by atoms with van der Waals surface area (Å²) >= 11 is 0. The van der Waals surface area contributed by atoms with Gasteiger partial charge in [0.1, 0.15) is 0 Å². The van der Waals surface area contributed by atoms with Gasteiger partial charge < -0.3 is 15.0 Å². The normalized spacial score (nSPS) is 12.7. The molecule has 0 spiro atoms. The van der Waals surface area contributed by atoms with Crippen LogP contribution in [0.2, 0.25) is 0 Å². The van der Waals surface area contributed by atoms with Crippen LogP contribution in [0.1, 0.15) is 26.3 Å². The van der Waals surface area contributed by atoms with Crippen LogP contribution in [0.3, 0.4) is 0 Å². The van der Waals surface area contributed by atoms with Crippen LogP contribution in [0.4, 0.5) is 11.4 Å². The molecule has 118 valence electrons. The Morgan fingerprint density at radius 1 is 1.17 bits per heavy atom. The Kier molecular flexibility index (Phi) is 4.02.